The molecular formula is C14H22FNS. The number of halogens is 1. The fourth-order valence-electron chi connectivity index (χ4n) is 1.91. The smallest absolute Gasteiger partial charge is 0.123 e. The quantitative estimate of drug-likeness (QED) is 0.764. The molecule has 0 heterocycles. The van der Waals surface area contributed by atoms with Gasteiger partial charge in [-0.1, -0.05) is 19.1 Å². The predicted molar refractivity (Wildman–Crippen MR) is 75.1 cm³/mol. The lowest BCUT2D eigenvalue weighted by molar-refractivity contribution is 0.469. The van der Waals surface area contributed by atoms with Gasteiger partial charge in [0, 0.05) is 0 Å². The van der Waals surface area contributed by atoms with Crippen LogP contribution in [0.5, 0.6) is 0 Å². The monoisotopic (exact) mass is 255 g/mol. The normalized spacial score (nSPS) is 12.6. The van der Waals surface area contributed by atoms with Crippen LogP contribution < -0.4 is 5.32 Å². The molecule has 0 aromatic heterocycles. The molecule has 0 saturated carbocycles. The standard InChI is InChI=1S/C14H22FNS/c1-3-16-11-13(7-8-17-2)9-12-5-4-6-14(15)10-12/h4-6,10,13,16H,3,7-9,11H2,1-2H3. The molecule has 0 aliphatic rings. The highest BCUT2D eigenvalue weighted by Gasteiger charge is 2.09. The van der Waals surface area contributed by atoms with Crippen molar-refractivity contribution >= 4 is 11.8 Å². The molecule has 0 radical (unpaired) electrons. The third kappa shape index (κ3) is 6.08. The third-order valence-electron chi connectivity index (χ3n) is 2.83. The van der Waals surface area contributed by atoms with Crippen molar-refractivity contribution in [2.75, 3.05) is 25.1 Å². The Morgan fingerprint density at radius 2 is 2.24 bits per heavy atom. The Kier molecular flexibility index (Phi) is 7.29. The number of rotatable bonds is 8. The molecule has 1 N–H and O–H groups in total. The van der Waals surface area contributed by atoms with Crippen LogP contribution in [-0.4, -0.2) is 25.1 Å². The lowest BCUT2D eigenvalue weighted by Crippen LogP contribution is -2.24. The number of thioether (sulfide) groups is 1. The van der Waals surface area contributed by atoms with Gasteiger partial charge in [0.25, 0.3) is 0 Å². The van der Waals surface area contributed by atoms with Gasteiger partial charge in [-0.3, -0.25) is 0 Å². The van der Waals surface area contributed by atoms with Crippen molar-refractivity contribution in [3.63, 3.8) is 0 Å². The van der Waals surface area contributed by atoms with Crippen LogP contribution in [0.4, 0.5) is 4.39 Å². The minimum absolute atomic E-state index is 0.130. The first-order chi connectivity index (χ1) is 8.26. The Labute approximate surface area is 108 Å². The molecular weight excluding hydrogens is 233 g/mol. The highest BCUT2D eigenvalue weighted by atomic mass is 32.2. The summed E-state index contributed by atoms with van der Waals surface area (Å²) in [5.41, 5.74) is 1.11. The highest BCUT2D eigenvalue weighted by Crippen LogP contribution is 2.15. The summed E-state index contributed by atoms with van der Waals surface area (Å²) in [6, 6.07) is 6.97. The number of benzene rings is 1. The van der Waals surface area contributed by atoms with Crippen molar-refractivity contribution < 1.29 is 4.39 Å². The van der Waals surface area contributed by atoms with E-state index < -0.39 is 0 Å². The second kappa shape index (κ2) is 8.54. The van der Waals surface area contributed by atoms with Crippen LogP contribution in [0.3, 0.4) is 0 Å². The Morgan fingerprint density at radius 1 is 1.41 bits per heavy atom. The largest absolute Gasteiger partial charge is 0.317 e. The molecule has 17 heavy (non-hydrogen) atoms. The summed E-state index contributed by atoms with van der Waals surface area (Å²) in [5, 5.41) is 3.39. The van der Waals surface area contributed by atoms with Crippen LogP contribution in [0.1, 0.15) is 18.9 Å². The first kappa shape index (κ1) is 14.5. The topological polar surface area (TPSA) is 12.0 Å². The van der Waals surface area contributed by atoms with Crippen LogP contribution in [0.2, 0.25) is 0 Å². The summed E-state index contributed by atoms with van der Waals surface area (Å²) in [5.74, 6) is 1.64. The van der Waals surface area contributed by atoms with Gasteiger partial charge in [0.2, 0.25) is 0 Å². The molecule has 0 bridgehead atoms. The second-order valence-corrected chi connectivity index (χ2v) is 5.27. The van der Waals surface area contributed by atoms with E-state index in [-0.39, 0.29) is 5.82 Å². The van der Waals surface area contributed by atoms with Gasteiger partial charge in [-0.2, -0.15) is 11.8 Å². The average Bonchev–Trinajstić information content (AvgIpc) is 2.32. The fourth-order valence-corrected chi connectivity index (χ4v) is 2.48. The van der Waals surface area contributed by atoms with E-state index >= 15 is 0 Å². The van der Waals surface area contributed by atoms with Crippen molar-refractivity contribution in [1.82, 2.24) is 5.32 Å². The molecule has 0 amide bonds. The average molecular weight is 255 g/mol. The van der Waals surface area contributed by atoms with Gasteiger partial charge >= 0.3 is 0 Å². The number of hydrogen-bond acceptors (Lipinski definition) is 2. The van der Waals surface area contributed by atoms with E-state index in [2.05, 4.69) is 18.5 Å². The zero-order valence-corrected chi connectivity index (χ0v) is 11.5. The van der Waals surface area contributed by atoms with E-state index in [1.165, 1.54) is 18.2 Å². The fraction of sp³-hybridized carbons (Fsp3) is 0.571. The van der Waals surface area contributed by atoms with Crippen molar-refractivity contribution in [1.29, 1.82) is 0 Å². The van der Waals surface area contributed by atoms with Gasteiger partial charge < -0.3 is 5.32 Å². The van der Waals surface area contributed by atoms with Gasteiger partial charge in [0.1, 0.15) is 5.82 Å². The van der Waals surface area contributed by atoms with Crippen molar-refractivity contribution in [3.05, 3.63) is 35.6 Å². The third-order valence-corrected chi connectivity index (χ3v) is 3.47. The molecule has 0 saturated heterocycles. The maximum Gasteiger partial charge on any atom is 0.123 e. The Balaban J connectivity index is 2.51. The van der Waals surface area contributed by atoms with Gasteiger partial charge in [0.05, 0.1) is 0 Å². The van der Waals surface area contributed by atoms with Crippen molar-refractivity contribution in [3.8, 4) is 0 Å². The number of nitrogens with one attached hydrogen (secondary N) is 1. The molecule has 3 heteroatoms. The highest BCUT2D eigenvalue weighted by molar-refractivity contribution is 7.98. The van der Waals surface area contributed by atoms with E-state index in [0.717, 1.165) is 25.1 Å². The molecule has 96 valence electrons. The Bertz CT molecular complexity index is 309. The van der Waals surface area contributed by atoms with Crippen molar-refractivity contribution in [2.24, 2.45) is 5.92 Å². The molecule has 1 nitrogen and oxygen atoms in total. The van der Waals surface area contributed by atoms with Crippen LogP contribution in [-0.2, 0) is 6.42 Å². The first-order valence-corrected chi connectivity index (χ1v) is 7.59. The van der Waals surface area contributed by atoms with E-state index in [9.17, 15) is 4.39 Å². The minimum atomic E-state index is -0.130. The maximum atomic E-state index is 13.1. The van der Waals surface area contributed by atoms with E-state index in [0.29, 0.717) is 5.92 Å². The summed E-state index contributed by atoms with van der Waals surface area (Å²) in [6.07, 6.45) is 4.28. The molecule has 1 aromatic carbocycles. The molecule has 1 aromatic rings. The summed E-state index contributed by atoms with van der Waals surface area (Å²) >= 11 is 1.88. The summed E-state index contributed by atoms with van der Waals surface area (Å²) in [7, 11) is 0. The van der Waals surface area contributed by atoms with Gasteiger partial charge in [-0.05, 0) is 61.6 Å². The molecule has 0 aliphatic carbocycles. The van der Waals surface area contributed by atoms with Crippen molar-refractivity contribution in [2.45, 2.75) is 19.8 Å². The molecule has 0 spiro atoms. The van der Waals surface area contributed by atoms with Gasteiger partial charge in [0.15, 0.2) is 0 Å². The number of hydrogen-bond donors (Lipinski definition) is 1. The van der Waals surface area contributed by atoms with Crippen LogP contribution in [0.25, 0.3) is 0 Å². The summed E-state index contributed by atoms with van der Waals surface area (Å²) < 4.78 is 13.1. The lowest BCUT2D eigenvalue weighted by Gasteiger charge is -2.17. The van der Waals surface area contributed by atoms with Crippen LogP contribution >= 0.6 is 11.8 Å². The molecule has 0 fully saturated rings. The predicted octanol–water partition coefficient (Wildman–Crippen LogP) is 3.35. The maximum absolute atomic E-state index is 13.1. The SMILES string of the molecule is CCNCC(CCSC)Cc1cccc(F)c1. The summed E-state index contributed by atoms with van der Waals surface area (Å²) in [6.45, 7) is 4.14. The summed E-state index contributed by atoms with van der Waals surface area (Å²) in [4.78, 5) is 0. The lowest BCUT2D eigenvalue weighted by atomic mass is 9.97. The molecule has 0 aliphatic heterocycles. The van der Waals surface area contributed by atoms with E-state index in [4.69, 9.17) is 0 Å². The van der Waals surface area contributed by atoms with Crippen LogP contribution in [0, 0.1) is 11.7 Å². The molecule has 1 atom stereocenters. The Morgan fingerprint density at radius 3 is 2.88 bits per heavy atom. The molecule has 1 unspecified atom stereocenters. The zero-order chi connectivity index (χ0) is 12.5. The second-order valence-electron chi connectivity index (χ2n) is 4.29. The first-order valence-electron chi connectivity index (χ1n) is 6.20. The zero-order valence-electron chi connectivity index (χ0n) is 10.7. The van der Waals surface area contributed by atoms with Gasteiger partial charge in [-0.15, -0.1) is 0 Å². The molecule has 1 rings (SSSR count). The van der Waals surface area contributed by atoms with Crippen LogP contribution in [0.15, 0.2) is 24.3 Å². The van der Waals surface area contributed by atoms with Gasteiger partial charge in [-0.25, -0.2) is 4.39 Å². The Hall–Kier alpha value is -0.540. The van der Waals surface area contributed by atoms with E-state index in [1.54, 1.807) is 12.1 Å². The van der Waals surface area contributed by atoms with E-state index in [1.807, 2.05) is 17.8 Å². The minimum Gasteiger partial charge on any atom is -0.317 e.